The Labute approximate surface area is 143 Å². The van der Waals surface area contributed by atoms with E-state index in [4.69, 9.17) is 20.9 Å². The molecule has 2 aromatic carbocycles. The van der Waals surface area contributed by atoms with Crippen molar-refractivity contribution in [3.63, 3.8) is 0 Å². The van der Waals surface area contributed by atoms with Gasteiger partial charge in [0.1, 0.15) is 17.3 Å². The molecule has 0 aliphatic rings. The zero-order valence-corrected chi connectivity index (χ0v) is 13.8. The average Bonchev–Trinajstić information content (AvgIpc) is 3.09. The SMILES string of the molecule is COc1ccc(-c2cc3[nH]c(N)nc(N)c3c3ccnc23)c(OC)c1. The van der Waals surface area contributed by atoms with Crippen LogP contribution in [-0.2, 0) is 0 Å². The van der Waals surface area contributed by atoms with E-state index in [1.165, 1.54) is 0 Å². The second-order valence-electron chi connectivity index (χ2n) is 5.63. The lowest BCUT2D eigenvalue weighted by atomic mass is 9.99. The Hall–Kier alpha value is -3.48. The standard InChI is InChI=1S/C18H17N5O2/c1-24-9-3-4-10(14(7-9)25-2)12-8-13-15(11-5-6-21-16(11)12)17(19)23-18(20)22-13/h3-8H,19H2,1-2H3,(H3,20,22,23). The van der Waals surface area contributed by atoms with Gasteiger partial charge in [0.2, 0.25) is 0 Å². The minimum absolute atomic E-state index is 0.261. The first-order valence-corrected chi connectivity index (χ1v) is 7.67. The van der Waals surface area contributed by atoms with Crippen LogP contribution in [0.25, 0.3) is 32.9 Å². The van der Waals surface area contributed by atoms with Gasteiger partial charge in [0.05, 0.1) is 25.3 Å². The molecule has 25 heavy (non-hydrogen) atoms. The number of nitrogens with two attached hydrogens (primary N) is 2. The van der Waals surface area contributed by atoms with Crippen molar-refractivity contribution in [2.75, 3.05) is 25.7 Å². The predicted octanol–water partition coefficient (Wildman–Crippen LogP) is 2.96. The number of hydrogen-bond acceptors (Lipinski definition) is 6. The van der Waals surface area contributed by atoms with Crippen molar-refractivity contribution in [2.24, 2.45) is 0 Å². The lowest BCUT2D eigenvalue weighted by Crippen LogP contribution is -2.01. The van der Waals surface area contributed by atoms with E-state index < -0.39 is 0 Å². The van der Waals surface area contributed by atoms with Crippen molar-refractivity contribution in [2.45, 2.75) is 0 Å². The number of nitrogen functional groups attached to an aromatic ring is 2. The summed E-state index contributed by atoms with van der Waals surface area (Å²) >= 11 is 0. The highest BCUT2D eigenvalue weighted by atomic mass is 16.5. The monoisotopic (exact) mass is 335 g/mol. The maximum atomic E-state index is 6.08. The summed E-state index contributed by atoms with van der Waals surface area (Å²) < 4.78 is 10.8. The molecule has 0 atom stereocenters. The van der Waals surface area contributed by atoms with Crippen molar-refractivity contribution in [3.05, 3.63) is 36.5 Å². The zero-order valence-electron chi connectivity index (χ0n) is 13.8. The molecular formula is C18H17N5O2. The van der Waals surface area contributed by atoms with Gasteiger partial charge in [-0.15, -0.1) is 0 Å². The van der Waals surface area contributed by atoms with Crippen LogP contribution in [0.15, 0.2) is 36.5 Å². The summed E-state index contributed by atoms with van der Waals surface area (Å²) in [7, 11) is 3.25. The van der Waals surface area contributed by atoms with Crippen LogP contribution in [0.1, 0.15) is 0 Å². The zero-order chi connectivity index (χ0) is 17.6. The van der Waals surface area contributed by atoms with Gasteiger partial charge in [-0.25, -0.2) is 0 Å². The number of fused-ring (bicyclic) bond motifs is 3. The van der Waals surface area contributed by atoms with Crippen LogP contribution < -0.4 is 20.9 Å². The molecule has 5 N–H and O–H groups in total. The third kappa shape index (κ3) is 2.28. The maximum Gasteiger partial charge on any atom is 0.199 e. The summed E-state index contributed by atoms with van der Waals surface area (Å²) in [5.74, 6) is 2.05. The summed E-state index contributed by atoms with van der Waals surface area (Å²) in [6.45, 7) is 0. The number of methoxy groups -OCH3 is 2. The number of rotatable bonds is 3. The van der Waals surface area contributed by atoms with E-state index in [9.17, 15) is 0 Å². The topological polar surface area (TPSA) is 112 Å². The van der Waals surface area contributed by atoms with E-state index >= 15 is 0 Å². The van der Waals surface area contributed by atoms with Crippen LogP contribution in [0, 0.1) is 0 Å². The maximum absolute atomic E-state index is 6.08. The Bertz CT molecular complexity index is 1100. The summed E-state index contributed by atoms with van der Waals surface area (Å²) in [6, 6.07) is 9.55. The number of hydrogen-bond donors (Lipinski definition) is 3. The van der Waals surface area contributed by atoms with Crippen molar-refractivity contribution >= 4 is 33.6 Å². The fraction of sp³-hybridized carbons (Fsp3) is 0.111. The van der Waals surface area contributed by atoms with Crippen LogP contribution in [0.5, 0.6) is 11.5 Å². The van der Waals surface area contributed by atoms with E-state index in [0.717, 1.165) is 38.7 Å². The molecule has 4 aromatic rings. The highest BCUT2D eigenvalue weighted by molar-refractivity contribution is 6.15. The molecule has 0 aliphatic carbocycles. The second kappa shape index (κ2) is 5.55. The van der Waals surface area contributed by atoms with E-state index in [2.05, 4.69) is 15.0 Å². The lowest BCUT2D eigenvalue weighted by Gasteiger charge is -2.13. The highest BCUT2D eigenvalue weighted by Gasteiger charge is 2.17. The van der Waals surface area contributed by atoms with Gasteiger partial charge in [-0.3, -0.25) is 4.98 Å². The van der Waals surface area contributed by atoms with Gasteiger partial charge in [0.25, 0.3) is 0 Å². The van der Waals surface area contributed by atoms with Gasteiger partial charge >= 0.3 is 0 Å². The first-order valence-electron chi connectivity index (χ1n) is 7.67. The fourth-order valence-electron chi connectivity index (χ4n) is 3.13. The van der Waals surface area contributed by atoms with Gasteiger partial charge < -0.3 is 25.9 Å². The number of nitrogens with one attached hydrogen (secondary N) is 1. The largest absolute Gasteiger partial charge is 0.497 e. The average molecular weight is 335 g/mol. The molecule has 2 aromatic heterocycles. The minimum Gasteiger partial charge on any atom is -0.497 e. The van der Waals surface area contributed by atoms with Crippen molar-refractivity contribution < 1.29 is 9.47 Å². The normalized spacial score (nSPS) is 11.1. The van der Waals surface area contributed by atoms with Gasteiger partial charge in [-0.05, 0) is 24.3 Å². The lowest BCUT2D eigenvalue weighted by molar-refractivity contribution is 0.395. The third-order valence-electron chi connectivity index (χ3n) is 4.24. The molecule has 7 heteroatoms. The minimum atomic E-state index is 0.261. The number of aromatic nitrogens is 3. The summed E-state index contributed by atoms with van der Waals surface area (Å²) in [6.07, 6.45) is 1.75. The molecule has 4 rings (SSSR count). The molecule has 0 saturated carbocycles. The molecule has 0 bridgehead atoms. The Balaban J connectivity index is 2.10. The molecule has 0 aliphatic heterocycles. The molecule has 0 spiro atoms. The van der Waals surface area contributed by atoms with Crippen LogP contribution >= 0.6 is 0 Å². The predicted molar refractivity (Wildman–Crippen MR) is 98.8 cm³/mol. The summed E-state index contributed by atoms with van der Waals surface area (Å²) in [5.41, 5.74) is 15.3. The quantitative estimate of drug-likeness (QED) is 0.530. The molecule has 2 heterocycles. The molecule has 0 unspecified atom stereocenters. The Kier molecular flexibility index (Phi) is 3.35. The second-order valence-corrected chi connectivity index (χ2v) is 5.63. The van der Waals surface area contributed by atoms with Crippen LogP contribution in [0.4, 0.5) is 11.8 Å². The smallest absolute Gasteiger partial charge is 0.199 e. The molecule has 0 saturated heterocycles. The molecule has 126 valence electrons. The first kappa shape index (κ1) is 15.1. The van der Waals surface area contributed by atoms with Crippen molar-refractivity contribution in [3.8, 4) is 22.6 Å². The number of benzene rings is 2. The number of nitrogens with zero attached hydrogens (tertiary/aromatic N) is 2. The molecule has 7 nitrogen and oxygen atoms in total. The van der Waals surface area contributed by atoms with E-state index in [0.29, 0.717) is 11.6 Å². The summed E-state index contributed by atoms with van der Waals surface area (Å²) in [4.78, 5) is 11.7. The molecule has 0 radical (unpaired) electrons. The van der Waals surface area contributed by atoms with Gasteiger partial charge in [0.15, 0.2) is 5.95 Å². The number of ether oxygens (including phenoxy) is 2. The highest BCUT2D eigenvalue weighted by Crippen LogP contribution is 2.40. The van der Waals surface area contributed by atoms with Gasteiger partial charge in [-0.1, -0.05) is 0 Å². The molecular weight excluding hydrogens is 318 g/mol. The van der Waals surface area contributed by atoms with Gasteiger partial charge in [-0.2, -0.15) is 4.98 Å². The summed E-state index contributed by atoms with van der Waals surface area (Å²) in [5, 5.41) is 1.71. The number of anilines is 2. The molecule has 0 fully saturated rings. The van der Waals surface area contributed by atoms with E-state index in [1.807, 2.05) is 30.3 Å². The Morgan fingerprint density at radius 1 is 1.00 bits per heavy atom. The first-order chi connectivity index (χ1) is 12.1. The van der Waals surface area contributed by atoms with Crippen LogP contribution in [0.3, 0.4) is 0 Å². The van der Waals surface area contributed by atoms with Crippen molar-refractivity contribution in [1.82, 2.24) is 15.0 Å². The van der Waals surface area contributed by atoms with Crippen LogP contribution in [-0.4, -0.2) is 29.2 Å². The molecule has 0 amide bonds. The van der Waals surface area contributed by atoms with E-state index in [1.54, 1.807) is 20.4 Å². The van der Waals surface area contributed by atoms with Crippen molar-refractivity contribution in [1.29, 1.82) is 0 Å². The van der Waals surface area contributed by atoms with Gasteiger partial charge in [0, 0.05) is 34.2 Å². The number of H-pyrrole nitrogens is 1. The third-order valence-corrected chi connectivity index (χ3v) is 4.24. The Morgan fingerprint density at radius 2 is 1.84 bits per heavy atom. The number of aromatic amines is 1. The van der Waals surface area contributed by atoms with Crippen LogP contribution in [0.2, 0.25) is 0 Å². The Morgan fingerprint density at radius 3 is 2.60 bits per heavy atom. The fourth-order valence-corrected chi connectivity index (χ4v) is 3.13. The van der Waals surface area contributed by atoms with E-state index in [-0.39, 0.29) is 5.95 Å².